The van der Waals surface area contributed by atoms with Gasteiger partial charge in [-0.05, 0) is 37.3 Å². The fraction of sp³-hybridized carbons (Fsp3) is 0.533. The molecule has 0 saturated heterocycles. The molecule has 1 fully saturated rings. The summed E-state index contributed by atoms with van der Waals surface area (Å²) in [5.74, 6) is -1.11. The second kappa shape index (κ2) is 7.06. The zero-order valence-corrected chi connectivity index (χ0v) is 12.1. The van der Waals surface area contributed by atoms with Crippen molar-refractivity contribution in [3.63, 3.8) is 0 Å². The Bertz CT molecular complexity index is 519. The largest absolute Gasteiger partial charge is 0.481 e. The number of nitrogens with one attached hydrogen (secondary N) is 2. The molecule has 0 aromatic carbocycles. The van der Waals surface area contributed by atoms with Crippen LogP contribution in [0, 0.1) is 5.92 Å². The van der Waals surface area contributed by atoms with Crippen molar-refractivity contribution in [3.8, 4) is 0 Å². The second-order valence-electron chi connectivity index (χ2n) is 5.33. The van der Waals surface area contributed by atoms with Crippen molar-refractivity contribution < 1.29 is 14.7 Å². The van der Waals surface area contributed by atoms with Crippen molar-refractivity contribution in [2.45, 2.75) is 45.2 Å². The zero-order valence-electron chi connectivity index (χ0n) is 12.1. The zero-order chi connectivity index (χ0) is 15.2. The summed E-state index contributed by atoms with van der Waals surface area (Å²) in [4.78, 5) is 27.0. The third-order valence-corrected chi connectivity index (χ3v) is 3.90. The number of aryl methyl sites for hydroxylation is 1. The molecule has 1 aromatic rings. The molecule has 2 rings (SSSR count). The average molecular weight is 291 g/mol. The van der Waals surface area contributed by atoms with E-state index in [9.17, 15) is 9.59 Å². The summed E-state index contributed by atoms with van der Waals surface area (Å²) in [5.41, 5.74) is 1.98. The lowest BCUT2D eigenvalue weighted by Crippen LogP contribution is -2.41. The standard InChI is InChI=1S/C15H21N3O3/c1-2-10-4-3-7-16-13(10)9-17-15(21)18-12-6-5-11(8-12)14(19)20/h3-4,7,11-12H,2,5-6,8-9H2,1H3,(H,19,20)(H2,17,18,21)/t11-,12+/m1/s1. The van der Waals surface area contributed by atoms with Crippen LogP contribution in [0.15, 0.2) is 18.3 Å². The Morgan fingerprint density at radius 3 is 2.90 bits per heavy atom. The van der Waals surface area contributed by atoms with E-state index in [1.54, 1.807) is 6.20 Å². The van der Waals surface area contributed by atoms with Crippen LogP contribution in [0.2, 0.25) is 0 Å². The second-order valence-corrected chi connectivity index (χ2v) is 5.33. The van der Waals surface area contributed by atoms with Crippen molar-refractivity contribution in [3.05, 3.63) is 29.6 Å². The lowest BCUT2D eigenvalue weighted by atomic mass is 10.1. The SMILES string of the molecule is CCc1cccnc1CNC(=O)N[C@H]1CC[C@@H](C(=O)O)C1. The molecule has 2 amide bonds. The van der Waals surface area contributed by atoms with E-state index >= 15 is 0 Å². The summed E-state index contributed by atoms with van der Waals surface area (Å²) < 4.78 is 0. The van der Waals surface area contributed by atoms with Gasteiger partial charge in [-0.2, -0.15) is 0 Å². The van der Waals surface area contributed by atoms with Crippen LogP contribution in [0.25, 0.3) is 0 Å². The molecule has 6 heteroatoms. The van der Waals surface area contributed by atoms with E-state index in [0.717, 1.165) is 17.7 Å². The van der Waals surface area contributed by atoms with E-state index < -0.39 is 5.97 Å². The van der Waals surface area contributed by atoms with E-state index in [1.807, 2.05) is 19.1 Å². The van der Waals surface area contributed by atoms with Crippen LogP contribution in [-0.4, -0.2) is 28.1 Å². The highest BCUT2D eigenvalue weighted by Crippen LogP contribution is 2.25. The van der Waals surface area contributed by atoms with Crippen LogP contribution in [0.5, 0.6) is 0 Å². The Hall–Kier alpha value is -2.11. The molecule has 0 aliphatic heterocycles. The van der Waals surface area contributed by atoms with Crippen LogP contribution in [0.3, 0.4) is 0 Å². The number of hydrogen-bond acceptors (Lipinski definition) is 3. The van der Waals surface area contributed by atoms with Crippen molar-refractivity contribution in [2.75, 3.05) is 0 Å². The van der Waals surface area contributed by atoms with Crippen LogP contribution in [0.4, 0.5) is 4.79 Å². The van der Waals surface area contributed by atoms with Gasteiger partial charge in [-0.3, -0.25) is 9.78 Å². The van der Waals surface area contributed by atoms with Gasteiger partial charge in [0.1, 0.15) is 0 Å². The number of pyridine rings is 1. The molecule has 2 atom stereocenters. The number of hydrogen-bond donors (Lipinski definition) is 3. The van der Waals surface area contributed by atoms with Gasteiger partial charge in [-0.15, -0.1) is 0 Å². The molecule has 1 aliphatic rings. The van der Waals surface area contributed by atoms with Gasteiger partial charge in [0.2, 0.25) is 0 Å². The first kappa shape index (κ1) is 15.3. The maximum atomic E-state index is 11.9. The number of carboxylic acids is 1. The predicted molar refractivity (Wildman–Crippen MR) is 77.8 cm³/mol. The highest BCUT2D eigenvalue weighted by molar-refractivity contribution is 5.75. The first-order chi connectivity index (χ1) is 10.1. The Morgan fingerprint density at radius 2 is 2.24 bits per heavy atom. The predicted octanol–water partition coefficient (Wildman–Crippen LogP) is 1.70. The van der Waals surface area contributed by atoms with Gasteiger partial charge < -0.3 is 15.7 Å². The van der Waals surface area contributed by atoms with Crippen molar-refractivity contribution in [1.29, 1.82) is 0 Å². The number of nitrogens with zero attached hydrogens (tertiary/aromatic N) is 1. The lowest BCUT2D eigenvalue weighted by Gasteiger charge is -2.14. The van der Waals surface area contributed by atoms with Crippen molar-refractivity contribution in [2.24, 2.45) is 5.92 Å². The molecular formula is C15H21N3O3. The maximum Gasteiger partial charge on any atom is 0.315 e. The minimum atomic E-state index is -0.777. The summed E-state index contributed by atoms with van der Waals surface area (Å²) in [6.07, 6.45) is 4.43. The van der Waals surface area contributed by atoms with E-state index in [1.165, 1.54) is 0 Å². The van der Waals surface area contributed by atoms with Gasteiger partial charge in [0.15, 0.2) is 0 Å². The normalized spacial score (nSPS) is 21.0. The average Bonchev–Trinajstić information content (AvgIpc) is 2.94. The Balaban J connectivity index is 1.79. The molecule has 0 radical (unpaired) electrons. The van der Waals surface area contributed by atoms with Gasteiger partial charge in [0, 0.05) is 12.2 Å². The molecule has 0 unspecified atom stereocenters. The molecule has 21 heavy (non-hydrogen) atoms. The van der Waals surface area contributed by atoms with Gasteiger partial charge in [0.05, 0.1) is 18.2 Å². The fourth-order valence-electron chi connectivity index (χ4n) is 2.69. The van der Waals surface area contributed by atoms with Crippen LogP contribution < -0.4 is 10.6 Å². The number of aromatic nitrogens is 1. The number of carboxylic acid groups (broad SMARTS) is 1. The summed E-state index contributed by atoms with van der Waals surface area (Å²) in [6, 6.07) is 3.56. The number of aliphatic carboxylic acids is 1. The molecule has 1 aromatic heterocycles. The van der Waals surface area contributed by atoms with Crippen LogP contribution >= 0.6 is 0 Å². The summed E-state index contributed by atoms with van der Waals surface area (Å²) in [5, 5.41) is 14.6. The number of urea groups is 1. The van der Waals surface area contributed by atoms with Crippen molar-refractivity contribution in [1.82, 2.24) is 15.6 Å². The molecule has 0 bridgehead atoms. The minimum absolute atomic E-state index is 0.0551. The molecular weight excluding hydrogens is 270 g/mol. The highest BCUT2D eigenvalue weighted by Gasteiger charge is 2.30. The number of amides is 2. The molecule has 114 valence electrons. The maximum absolute atomic E-state index is 11.9. The Labute approximate surface area is 124 Å². The van der Waals surface area contributed by atoms with E-state index in [4.69, 9.17) is 5.11 Å². The number of rotatable bonds is 5. The Morgan fingerprint density at radius 1 is 1.43 bits per heavy atom. The summed E-state index contributed by atoms with van der Waals surface area (Å²) in [7, 11) is 0. The first-order valence-electron chi connectivity index (χ1n) is 7.30. The van der Waals surface area contributed by atoms with E-state index in [2.05, 4.69) is 15.6 Å². The van der Waals surface area contributed by atoms with E-state index in [0.29, 0.717) is 25.8 Å². The van der Waals surface area contributed by atoms with Crippen LogP contribution in [0.1, 0.15) is 37.4 Å². The number of carbonyl (C=O) groups excluding carboxylic acids is 1. The molecule has 0 spiro atoms. The van der Waals surface area contributed by atoms with Gasteiger partial charge in [0.25, 0.3) is 0 Å². The first-order valence-corrected chi connectivity index (χ1v) is 7.30. The Kier molecular flexibility index (Phi) is 5.14. The van der Waals surface area contributed by atoms with E-state index in [-0.39, 0.29) is 18.0 Å². The quantitative estimate of drug-likeness (QED) is 0.770. The third kappa shape index (κ3) is 4.18. The molecule has 1 saturated carbocycles. The highest BCUT2D eigenvalue weighted by atomic mass is 16.4. The molecule has 3 N–H and O–H groups in total. The lowest BCUT2D eigenvalue weighted by molar-refractivity contribution is -0.141. The van der Waals surface area contributed by atoms with Gasteiger partial charge in [-0.1, -0.05) is 13.0 Å². The topological polar surface area (TPSA) is 91.3 Å². The monoisotopic (exact) mass is 291 g/mol. The number of carbonyl (C=O) groups is 2. The van der Waals surface area contributed by atoms with Gasteiger partial charge in [-0.25, -0.2) is 4.79 Å². The molecule has 1 aliphatic carbocycles. The van der Waals surface area contributed by atoms with Gasteiger partial charge >= 0.3 is 12.0 Å². The minimum Gasteiger partial charge on any atom is -0.481 e. The third-order valence-electron chi connectivity index (χ3n) is 3.90. The molecule has 1 heterocycles. The smallest absolute Gasteiger partial charge is 0.315 e. The summed E-state index contributed by atoms with van der Waals surface area (Å²) >= 11 is 0. The summed E-state index contributed by atoms with van der Waals surface area (Å²) in [6.45, 7) is 2.43. The molecule has 6 nitrogen and oxygen atoms in total. The van der Waals surface area contributed by atoms with Crippen LogP contribution in [-0.2, 0) is 17.8 Å². The fourth-order valence-corrected chi connectivity index (χ4v) is 2.69. The van der Waals surface area contributed by atoms with Crippen molar-refractivity contribution >= 4 is 12.0 Å².